The molecule has 2 nitrogen and oxygen atoms in total. The largest absolute Gasteiger partial charge is 0.540 e. The molecular formula is C8H3F4IO2. The molecule has 0 aromatic heterocycles. The second-order valence-electron chi connectivity index (χ2n) is 2.82. The molecule has 0 saturated heterocycles. The molecule has 1 aromatic rings. The highest BCUT2D eigenvalue weighted by atomic mass is 127. The lowest BCUT2D eigenvalue weighted by atomic mass is 10.2. The second kappa shape index (κ2) is 3.21. The van der Waals surface area contributed by atoms with Crippen LogP contribution in [0.3, 0.4) is 0 Å². The van der Waals surface area contributed by atoms with Crippen molar-refractivity contribution in [3.8, 4) is 5.75 Å². The second-order valence-corrected chi connectivity index (χ2v) is 4.07. The van der Waals surface area contributed by atoms with Crippen molar-refractivity contribution < 1.29 is 27.0 Å². The maximum atomic E-state index is 13.1. The van der Waals surface area contributed by atoms with E-state index in [1.165, 1.54) is 6.07 Å². The van der Waals surface area contributed by atoms with Gasteiger partial charge in [-0.2, -0.15) is 8.78 Å². The molecule has 15 heavy (non-hydrogen) atoms. The predicted molar refractivity (Wildman–Crippen MR) is 49.7 cm³/mol. The predicted octanol–water partition coefficient (Wildman–Crippen LogP) is 3.30. The van der Waals surface area contributed by atoms with Gasteiger partial charge in [0.25, 0.3) is 0 Å². The van der Waals surface area contributed by atoms with Crippen molar-refractivity contribution in [2.24, 2.45) is 0 Å². The summed E-state index contributed by atoms with van der Waals surface area (Å²) in [6.45, 7) is 0. The molecule has 0 N–H and O–H groups in total. The molecule has 0 spiro atoms. The first kappa shape index (κ1) is 10.9. The Labute approximate surface area is 95.3 Å². The van der Waals surface area contributed by atoms with Gasteiger partial charge in [-0.15, -0.1) is 8.78 Å². The first-order valence-electron chi connectivity index (χ1n) is 3.75. The van der Waals surface area contributed by atoms with Crippen LogP contribution in [0.1, 0.15) is 5.56 Å². The smallest absolute Gasteiger partial charge is 0.409 e. The highest BCUT2D eigenvalue weighted by Crippen LogP contribution is 2.46. The number of benzene rings is 1. The molecule has 82 valence electrons. The van der Waals surface area contributed by atoms with Gasteiger partial charge in [-0.25, -0.2) is 4.74 Å². The fourth-order valence-corrected chi connectivity index (χ4v) is 1.66. The molecule has 7 heteroatoms. The van der Waals surface area contributed by atoms with Crippen LogP contribution in [-0.2, 0) is 10.8 Å². The number of rotatable bonds is 0. The van der Waals surface area contributed by atoms with Gasteiger partial charge in [-0.1, -0.05) is 0 Å². The van der Waals surface area contributed by atoms with E-state index in [9.17, 15) is 17.6 Å². The third-order valence-electron chi connectivity index (χ3n) is 1.73. The van der Waals surface area contributed by atoms with E-state index >= 15 is 0 Å². The average molecular weight is 334 g/mol. The molecule has 0 radical (unpaired) electrons. The minimum Gasteiger partial charge on any atom is -0.409 e. The van der Waals surface area contributed by atoms with Gasteiger partial charge in [0.15, 0.2) is 0 Å². The standard InChI is InChI=1S/C8H3F4IO2/c9-7(10)5-3-4(13)1-2-6(5)14-8(11,12)15-7/h1-3H. The number of halogens is 5. The zero-order chi connectivity index (χ0) is 11.3. The van der Waals surface area contributed by atoms with Gasteiger partial charge < -0.3 is 4.74 Å². The number of alkyl halides is 4. The SMILES string of the molecule is FC1(F)Oc2ccc(I)cc2C(F)(F)O1. The van der Waals surface area contributed by atoms with E-state index in [0.717, 1.165) is 12.1 Å². The van der Waals surface area contributed by atoms with Crippen molar-refractivity contribution in [3.63, 3.8) is 0 Å². The van der Waals surface area contributed by atoms with E-state index in [1.807, 2.05) is 0 Å². The molecule has 0 unspecified atom stereocenters. The molecule has 2 rings (SSSR count). The summed E-state index contributed by atoms with van der Waals surface area (Å²) in [7, 11) is 0. The Hall–Kier alpha value is -0.570. The van der Waals surface area contributed by atoms with E-state index < -0.39 is 23.7 Å². The van der Waals surface area contributed by atoms with Gasteiger partial charge in [-0.3, -0.25) is 0 Å². The molecule has 0 aliphatic carbocycles. The Bertz CT molecular complexity index is 408. The third kappa shape index (κ3) is 2.03. The molecule has 1 heterocycles. The van der Waals surface area contributed by atoms with Crippen LogP contribution in [0, 0.1) is 3.57 Å². The maximum absolute atomic E-state index is 13.1. The van der Waals surface area contributed by atoms with Crippen LogP contribution in [0.2, 0.25) is 0 Å². The van der Waals surface area contributed by atoms with Gasteiger partial charge in [0, 0.05) is 3.57 Å². The summed E-state index contributed by atoms with van der Waals surface area (Å²) in [5, 5.41) is 0. The van der Waals surface area contributed by atoms with E-state index in [4.69, 9.17) is 0 Å². The van der Waals surface area contributed by atoms with Crippen molar-refractivity contribution in [1.82, 2.24) is 0 Å². The molecule has 0 atom stereocenters. The van der Waals surface area contributed by atoms with E-state index in [1.54, 1.807) is 22.6 Å². The topological polar surface area (TPSA) is 18.5 Å². The Morgan fingerprint density at radius 1 is 1.13 bits per heavy atom. The first-order valence-corrected chi connectivity index (χ1v) is 4.83. The van der Waals surface area contributed by atoms with Crippen LogP contribution in [0.5, 0.6) is 5.75 Å². The first-order chi connectivity index (χ1) is 6.80. The number of hydrogen-bond acceptors (Lipinski definition) is 2. The molecular weight excluding hydrogens is 331 g/mol. The average Bonchev–Trinajstić information content (AvgIpc) is 2.03. The van der Waals surface area contributed by atoms with Crippen molar-refractivity contribution in [2.45, 2.75) is 12.4 Å². The zero-order valence-corrected chi connectivity index (χ0v) is 9.10. The summed E-state index contributed by atoms with van der Waals surface area (Å²) in [4.78, 5) is 0. The Morgan fingerprint density at radius 3 is 2.47 bits per heavy atom. The van der Waals surface area contributed by atoms with Crippen molar-refractivity contribution in [2.75, 3.05) is 0 Å². The molecule has 0 fully saturated rings. The Kier molecular flexibility index (Phi) is 2.34. The lowest BCUT2D eigenvalue weighted by Crippen LogP contribution is -2.41. The Balaban J connectivity index is 2.55. The van der Waals surface area contributed by atoms with Gasteiger partial charge >= 0.3 is 12.4 Å². The summed E-state index contributed by atoms with van der Waals surface area (Å²) >= 11 is 1.78. The summed E-state index contributed by atoms with van der Waals surface area (Å²) in [5.74, 6) is -0.573. The summed E-state index contributed by atoms with van der Waals surface area (Å²) in [6.07, 6.45) is -8.35. The fraction of sp³-hybridized carbons (Fsp3) is 0.250. The quantitative estimate of drug-likeness (QED) is 0.535. The van der Waals surface area contributed by atoms with Crippen LogP contribution in [-0.4, -0.2) is 6.29 Å². The monoisotopic (exact) mass is 334 g/mol. The normalized spacial score (nSPS) is 21.7. The Morgan fingerprint density at radius 2 is 1.80 bits per heavy atom. The van der Waals surface area contributed by atoms with Crippen LogP contribution in [0.25, 0.3) is 0 Å². The third-order valence-corrected chi connectivity index (χ3v) is 2.40. The van der Waals surface area contributed by atoms with Crippen molar-refractivity contribution >= 4 is 22.6 Å². The lowest BCUT2D eigenvalue weighted by Gasteiger charge is -2.30. The number of ether oxygens (including phenoxy) is 2. The highest BCUT2D eigenvalue weighted by molar-refractivity contribution is 14.1. The minimum absolute atomic E-state index is 0.475. The van der Waals surface area contributed by atoms with Crippen LogP contribution < -0.4 is 4.74 Å². The van der Waals surface area contributed by atoms with E-state index in [-0.39, 0.29) is 0 Å². The van der Waals surface area contributed by atoms with Crippen molar-refractivity contribution in [1.29, 1.82) is 0 Å². The van der Waals surface area contributed by atoms with Gasteiger partial charge in [0.1, 0.15) is 5.75 Å². The fourth-order valence-electron chi connectivity index (χ4n) is 1.17. The molecule has 0 amide bonds. The number of hydrogen-bond donors (Lipinski definition) is 0. The van der Waals surface area contributed by atoms with Crippen LogP contribution in [0.4, 0.5) is 17.6 Å². The molecule has 0 saturated carbocycles. The van der Waals surface area contributed by atoms with Gasteiger partial charge in [0.05, 0.1) is 5.56 Å². The van der Waals surface area contributed by atoms with Crippen LogP contribution in [0.15, 0.2) is 18.2 Å². The van der Waals surface area contributed by atoms with Crippen molar-refractivity contribution in [3.05, 3.63) is 27.3 Å². The summed E-state index contributed by atoms with van der Waals surface area (Å²) in [6, 6.07) is 3.48. The summed E-state index contributed by atoms with van der Waals surface area (Å²) in [5.41, 5.74) is -0.694. The lowest BCUT2D eigenvalue weighted by molar-refractivity contribution is -0.461. The van der Waals surface area contributed by atoms with Crippen LogP contribution >= 0.6 is 22.6 Å². The molecule has 1 aromatic carbocycles. The van der Waals surface area contributed by atoms with E-state index in [0.29, 0.717) is 3.57 Å². The minimum atomic E-state index is -4.30. The summed E-state index contributed by atoms with van der Waals surface area (Å²) < 4.78 is 59.0. The molecule has 1 aliphatic heterocycles. The molecule has 0 bridgehead atoms. The number of fused-ring (bicyclic) bond motifs is 1. The van der Waals surface area contributed by atoms with E-state index in [2.05, 4.69) is 9.47 Å². The highest BCUT2D eigenvalue weighted by Gasteiger charge is 2.54. The zero-order valence-electron chi connectivity index (χ0n) is 6.94. The van der Waals surface area contributed by atoms with Gasteiger partial charge in [0.2, 0.25) is 0 Å². The maximum Gasteiger partial charge on any atom is 0.540 e. The molecule has 1 aliphatic rings. The van der Waals surface area contributed by atoms with Gasteiger partial charge in [-0.05, 0) is 40.8 Å².